The van der Waals surface area contributed by atoms with Crippen LogP contribution >= 0.6 is 23.2 Å². The lowest BCUT2D eigenvalue weighted by atomic mass is 9.83. The third kappa shape index (κ3) is 7.76. The molecule has 10 heteroatoms. The number of fused-ring (bicyclic) bond motifs is 1. The fraction of sp³-hybridized carbons (Fsp3) is 0.243. The summed E-state index contributed by atoms with van der Waals surface area (Å²) in [5.74, 6) is 0.662. The highest BCUT2D eigenvalue weighted by Gasteiger charge is 2.32. The summed E-state index contributed by atoms with van der Waals surface area (Å²) in [5.41, 5.74) is 10.2. The number of rotatable bonds is 12. The SMILES string of the molecule is CCCCOc1c(Cl)cc(C(=O)Oc2ccc3c(c2)OC(N)=C(C#N)C3c2ccc(OCc3ccc(C)cc3)c(OCC)c2)cc1Cl. The minimum absolute atomic E-state index is 0.0524. The standard InChI is InChI=1S/C37H34Cl2N2O6/c1-4-6-15-44-35-29(38)16-25(17-30(35)39)37(42)46-26-12-13-27-32(19-26)47-36(41)28(20-40)34(27)24-11-14-31(33(18-24)43-5-2)45-21-23-9-7-22(3)8-10-23/h7-14,16-19,34H,4-6,15,21,41H2,1-3H3. The van der Waals surface area contributed by atoms with Gasteiger partial charge in [0.25, 0.3) is 0 Å². The summed E-state index contributed by atoms with van der Waals surface area (Å²) in [6.07, 6.45) is 1.80. The number of nitrogens with two attached hydrogens (primary N) is 1. The Balaban J connectivity index is 1.40. The van der Waals surface area contributed by atoms with Crippen molar-refractivity contribution in [1.82, 2.24) is 0 Å². The maximum Gasteiger partial charge on any atom is 0.343 e. The molecule has 0 aliphatic carbocycles. The highest BCUT2D eigenvalue weighted by atomic mass is 35.5. The molecule has 4 aromatic rings. The van der Waals surface area contributed by atoms with E-state index in [1.54, 1.807) is 18.2 Å². The Morgan fingerprint density at radius 1 is 0.936 bits per heavy atom. The van der Waals surface area contributed by atoms with Gasteiger partial charge in [-0.1, -0.05) is 78.5 Å². The molecule has 1 unspecified atom stereocenters. The molecule has 0 saturated heterocycles. The second-order valence-electron chi connectivity index (χ2n) is 10.9. The molecule has 1 atom stereocenters. The minimum Gasteiger partial charge on any atom is -0.490 e. The number of halogens is 2. The van der Waals surface area contributed by atoms with Gasteiger partial charge in [0.1, 0.15) is 29.7 Å². The van der Waals surface area contributed by atoms with Crippen LogP contribution in [0.2, 0.25) is 10.0 Å². The van der Waals surface area contributed by atoms with E-state index in [1.807, 2.05) is 63.2 Å². The molecule has 2 N–H and O–H groups in total. The molecule has 0 amide bonds. The first kappa shape index (κ1) is 33.5. The Bertz CT molecular complexity index is 1830. The number of aryl methyl sites for hydroxylation is 1. The lowest BCUT2D eigenvalue weighted by molar-refractivity contribution is 0.0734. The zero-order valence-electron chi connectivity index (χ0n) is 26.3. The summed E-state index contributed by atoms with van der Waals surface area (Å²) in [6.45, 7) is 7.21. The molecule has 1 heterocycles. The molecule has 0 saturated carbocycles. The van der Waals surface area contributed by atoms with Gasteiger partial charge in [0.05, 0.1) is 34.7 Å². The molecule has 0 radical (unpaired) electrons. The van der Waals surface area contributed by atoms with Gasteiger partial charge in [-0.2, -0.15) is 5.26 Å². The van der Waals surface area contributed by atoms with E-state index in [2.05, 4.69) is 6.07 Å². The van der Waals surface area contributed by atoms with Crippen LogP contribution in [0.15, 0.2) is 84.3 Å². The minimum atomic E-state index is -0.676. The molecule has 0 aromatic heterocycles. The average molecular weight is 674 g/mol. The normalized spacial score (nSPS) is 13.7. The molecule has 5 rings (SSSR count). The van der Waals surface area contributed by atoms with Gasteiger partial charge in [-0.3, -0.25) is 0 Å². The third-order valence-electron chi connectivity index (χ3n) is 7.50. The number of benzene rings is 4. The summed E-state index contributed by atoms with van der Waals surface area (Å²) in [7, 11) is 0. The van der Waals surface area contributed by atoms with Crippen LogP contribution in [-0.4, -0.2) is 19.2 Å². The van der Waals surface area contributed by atoms with E-state index in [4.69, 9.17) is 52.6 Å². The van der Waals surface area contributed by atoms with Crippen molar-refractivity contribution in [2.45, 2.75) is 46.1 Å². The van der Waals surface area contributed by atoms with E-state index in [0.717, 1.165) is 24.0 Å². The number of hydrogen-bond acceptors (Lipinski definition) is 8. The first-order valence-corrected chi connectivity index (χ1v) is 16.0. The predicted octanol–water partition coefficient (Wildman–Crippen LogP) is 8.90. The molecule has 1 aliphatic rings. The number of nitriles is 1. The lowest BCUT2D eigenvalue weighted by Gasteiger charge is -2.27. The van der Waals surface area contributed by atoms with Gasteiger partial charge in [0, 0.05) is 11.6 Å². The van der Waals surface area contributed by atoms with Gasteiger partial charge in [0.15, 0.2) is 17.2 Å². The van der Waals surface area contributed by atoms with Gasteiger partial charge >= 0.3 is 5.97 Å². The van der Waals surface area contributed by atoms with Crippen molar-refractivity contribution in [3.05, 3.63) is 122 Å². The fourth-order valence-corrected chi connectivity index (χ4v) is 5.68. The number of ether oxygens (including phenoxy) is 5. The molecular weight excluding hydrogens is 639 g/mol. The molecule has 0 bridgehead atoms. The molecule has 4 aromatic carbocycles. The number of carbonyl (C=O) groups excluding carboxylic acids is 1. The second-order valence-corrected chi connectivity index (χ2v) is 11.7. The topological polar surface area (TPSA) is 113 Å². The summed E-state index contributed by atoms with van der Waals surface area (Å²) >= 11 is 12.7. The smallest absolute Gasteiger partial charge is 0.343 e. The number of carbonyl (C=O) groups is 1. The van der Waals surface area contributed by atoms with Crippen LogP contribution < -0.4 is 29.4 Å². The summed E-state index contributed by atoms with van der Waals surface area (Å²) < 4.78 is 29.2. The second kappa shape index (κ2) is 15.2. The molecule has 8 nitrogen and oxygen atoms in total. The summed E-state index contributed by atoms with van der Waals surface area (Å²) in [6, 6.07) is 23.6. The first-order chi connectivity index (χ1) is 22.7. The maximum absolute atomic E-state index is 13.1. The Morgan fingerprint density at radius 3 is 2.36 bits per heavy atom. The van der Waals surface area contributed by atoms with E-state index in [0.29, 0.717) is 48.4 Å². The highest BCUT2D eigenvalue weighted by Crippen LogP contribution is 2.45. The highest BCUT2D eigenvalue weighted by molar-refractivity contribution is 6.37. The zero-order chi connectivity index (χ0) is 33.5. The number of esters is 1. The number of unbranched alkanes of at least 4 members (excludes halogenated alkanes) is 1. The molecular formula is C37H34Cl2N2O6. The van der Waals surface area contributed by atoms with E-state index < -0.39 is 11.9 Å². The Morgan fingerprint density at radius 2 is 1.68 bits per heavy atom. The molecule has 1 aliphatic heterocycles. The third-order valence-corrected chi connectivity index (χ3v) is 8.06. The molecule has 242 valence electrons. The van der Waals surface area contributed by atoms with E-state index in [-0.39, 0.29) is 32.8 Å². The Hall–Kier alpha value is -4.84. The van der Waals surface area contributed by atoms with Crippen molar-refractivity contribution in [3.63, 3.8) is 0 Å². The first-order valence-electron chi connectivity index (χ1n) is 15.2. The van der Waals surface area contributed by atoms with Crippen molar-refractivity contribution in [2.24, 2.45) is 5.73 Å². The summed E-state index contributed by atoms with van der Waals surface area (Å²) in [5, 5.41) is 10.5. The lowest BCUT2D eigenvalue weighted by Crippen LogP contribution is -2.21. The van der Waals surface area contributed by atoms with Crippen LogP contribution in [0.25, 0.3) is 0 Å². The Kier molecular flexibility index (Phi) is 10.8. The molecule has 0 fully saturated rings. The monoisotopic (exact) mass is 672 g/mol. The predicted molar refractivity (Wildman–Crippen MR) is 181 cm³/mol. The Labute approximate surface area is 284 Å². The van der Waals surface area contributed by atoms with Crippen LogP contribution in [0.5, 0.6) is 28.7 Å². The quantitative estimate of drug-likeness (QED) is 0.0902. The average Bonchev–Trinajstić information content (AvgIpc) is 3.05. The maximum atomic E-state index is 13.1. The van der Waals surface area contributed by atoms with Crippen LogP contribution in [0.3, 0.4) is 0 Å². The van der Waals surface area contributed by atoms with Crippen molar-refractivity contribution >= 4 is 29.2 Å². The van der Waals surface area contributed by atoms with Crippen LogP contribution in [0, 0.1) is 18.3 Å². The molecule has 0 spiro atoms. The van der Waals surface area contributed by atoms with Gasteiger partial charge in [-0.05, 0) is 61.7 Å². The largest absolute Gasteiger partial charge is 0.490 e. The van der Waals surface area contributed by atoms with Crippen molar-refractivity contribution in [3.8, 4) is 34.8 Å². The van der Waals surface area contributed by atoms with Gasteiger partial charge in [0.2, 0.25) is 5.88 Å². The fourth-order valence-electron chi connectivity index (χ4n) is 5.08. The van der Waals surface area contributed by atoms with Gasteiger partial charge < -0.3 is 29.4 Å². The van der Waals surface area contributed by atoms with E-state index >= 15 is 0 Å². The van der Waals surface area contributed by atoms with Crippen molar-refractivity contribution in [1.29, 1.82) is 5.26 Å². The molecule has 47 heavy (non-hydrogen) atoms. The number of nitrogens with zero attached hydrogens (tertiary/aromatic N) is 1. The van der Waals surface area contributed by atoms with Crippen molar-refractivity contribution in [2.75, 3.05) is 13.2 Å². The van der Waals surface area contributed by atoms with Gasteiger partial charge in [-0.25, -0.2) is 4.79 Å². The number of hydrogen-bond donors (Lipinski definition) is 1. The van der Waals surface area contributed by atoms with Crippen LogP contribution in [0.4, 0.5) is 0 Å². The summed E-state index contributed by atoms with van der Waals surface area (Å²) in [4.78, 5) is 13.1. The van der Waals surface area contributed by atoms with E-state index in [9.17, 15) is 10.1 Å². The van der Waals surface area contributed by atoms with Crippen LogP contribution in [-0.2, 0) is 6.61 Å². The number of allylic oxidation sites excluding steroid dienone is 1. The van der Waals surface area contributed by atoms with E-state index in [1.165, 1.54) is 17.7 Å². The van der Waals surface area contributed by atoms with Crippen molar-refractivity contribution < 1.29 is 28.5 Å². The van der Waals surface area contributed by atoms with Gasteiger partial charge in [-0.15, -0.1) is 0 Å². The zero-order valence-corrected chi connectivity index (χ0v) is 27.8. The van der Waals surface area contributed by atoms with Crippen LogP contribution in [0.1, 0.15) is 65.2 Å².